The van der Waals surface area contributed by atoms with Crippen LogP contribution in [0.5, 0.6) is 0 Å². The van der Waals surface area contributed by atoms with E-state index in [-0.39, 0.29) is 12.6 Å². The minimum Gasteiger partial charge on any atom is -0.455 e. The van der Waals surface area contributed by atoms with Gasteiger partial charge in [-0.1, -0.05) is 13.2 Å². The molecule has 9 heavy (non-hydrogen) atoms. The highest BCUT2D eigenvalue weighted by Crippen LogP contribution is 2.34. The van der Waals surface area contributed by atoms with Crippen LogP contribution in [0.2, 0.25) is 0 Å². The summed E-state index contributed by atoms with van der Waals surface area (Å²) in [6, 6.07) is 0. The molecule has 3 heteroatoms. The van der Waals surface area contributed by atoms with E-state index in [4.69, 9.17) is 14.2 Å². The molecule has 2 rings (SSSR count). The largest absolute Gasteiger partial charge is 0.455 e. The van der Waals surface area contributed by atoms with Gasteiger partial charge in [-0.2, -0.15) is 0 Å². The van der Waals surface area contributed by atoms with Gasteiger partial charge in [0.05, 0.1) is 0 Å². The third kappa shape index (κ3) is 0.791. The Hall–Kier alpha value is -0.960. The first-order valence-electron chi connectivity index (χ1n) is 2.64. The molecule has 0 aliphatic carbocycles. The Bertz CT molecular complexity index is 165. The van der Waals surface area contributed by atoms with E-state index in [1.54, 1.807) is 0 Å². The van der Waals surface area contributed by atoms with Crippen LogP contribution in [0.1, 0.15) is 0 Å². The van der Waals surface area contributed by atoms with Crippen LogP contribution in [-0.2, 0) is 14.2 Å². The minimum absolute atomic E-state index is 0.241. The molecular weight excluding hydrogens is 120 g/mol. The van der Waals surface area contributed by atoms with Crippen LogP contribution >= 0.6 is 0 Å². The summed E-state index contributed by atoms with van der Waals surface area (Å²) in [4.78, 5) is 0. The summed E-state index contributed by atoms with van der Waals surface area (Å²) >= 11 is 0. The Morgan fingerprint density at radius 1 is 1.11 bits per heavy atom. The average Bonchev–Trinajstić information content (AvgIpc) is 2.59. The summed E-state index contributed by atoms with van der Waals surface area (Å²) in [6.07, 6.45) is -0.483. The van der Waals surface area contributed by atoms with Crippen molar-refractivity contribution in [3.8, 4) is 0 Å². The van der Waals surface area contributed by atoms with Gasteiger partial charge in [-0.05, 0) is 0 Å². The maximum absolute atomic E-state index is 5.05. The van der Waals surface area contributed by atoms with E-state index in [0.717, 1.165) is 0 Å². The second kappa shape index (κ2) is 1.30. The van der Waals surface area contributed by atoms with E-state index in [9.17, 15) is 0 Å². The van der Waals surface area contributed by atoms with E-state index < -0.39 is 0 Å². The quantitative estimate of drug-likeness (QED) is 0.512. The second-order valence-corrected chi connectivity index (χ2v) is 1.97. The van der Waals surface area contributed by atoms with Crippen LogP contribution in [0.15, 0.2) is 24.7 Å². The summed E-state index contributed by atoms with van der Waals surface area (Å²) in [5.74, 6) is 1.33. The molecule has 0 spiro atoms. The van der Waals surface area contributed by atoms with Gasteiger partial charge in [0.25, 0.3) is 12.6 Å². The number of ether oxygens (including phenoxy) is 3. The summed E-state index contributed by atoms with van der Waals surface area (Å²) in [5, 5.41) is 0. The topological polar surface area (TPSA) is 34.3 Å². The molecule has 2 atom stereocenters. The van der Waals surface area contributed by atoms with Crippen LogP contribution in [0.3, 0.4) is 0 Å². The van der Waals surface area contributed by atoms with E-state index in [1.165, 1.54) is 0 Å². The summed E-state index contributed by atoms with van der Waals surface area (Å²) in [6.45, 7) is 7.04. The zero-order valence-corrected chi connectivity index (χ0v) is 4.79. The molecule has 0 amide bonds. The van der Waals surface area contributed by atoms with Crippen molar-refractivity contribution in [1.82, 2.24) is 0 Å². The Morgan fingerprint density at radius 2 is 1.44 bits per heavy atom. The number of hydrogen-bond donors (Lipinski definition) is 0. The standard InChI is InChI=1S/C6H6O3/c1-3-5(7-3)9-6-4(2)8-6/h5-6H,1-2H2. The van der Waals surface area contributed by atoms with E-state index in [2.05, 4.69) is 13.2 Å². The minimum atomic E-state index is -0.241. The van der Waals surface area contributed by atoms with Crippen molar-refractivity contribution < 1.29 is 14.2 Å². The molecule has 2 saturated heterocycles. The van der Waals surface area contributed by atoms with Crippen molar-refractivity contribution in [2.75, 3.05) is 0 Å². The Kier molecular flexibility index (Phi) is 0.706. The van der Waals surface area contributed by atoms with Crippen LogP contribution < -0.4 is 0 Å². The molecule has 2 heterocycles. The molecule has 2 aliphatic rings. The van der Waals surface area contributed by atoms with Gasteiger partial charge in [0.15, 0.2) is 11.5 Å². The van der Waals surface area contributed by atoms with E-state index >= 15 is 0 Å². The summed E-state index contributed by atoms with van der Waals surface area (Å²) in [5.41, 5.74) is 0. The van der Waals surface area contributed by atoms with Gasteiger partial charge in [-0.25, -0.2) is 0 Å². The first kappa shape index (κ1) is 4.88. The molecule has 2 unspecified atom stereocenters. The Labute approximate surface area is 52.5 Å². The summed E-state index contributed by atoms with van der Waals surface area (Å²) in [7, 11) is 0. The maximum atomic E-state index is 5.05. The molecule has 0 aromatic rings. The molecule has 0 aromatic heterocycles. The smallest absolute Gasteiger partial charge is 0.261 e. The van der Waals surface area contributed by atoms with Gasteiger partial charge < -0.3 is 9.47 Å². The molecule has 0 bridgehead atoms. The maximum Gasteiger partial charge on any atom is 0.261 e. The Morgan fingerprint density at radius 3 is 1.67 bits per heavy atom. The lowest BCUT2D eigenvalue weighted by molar-refractivity contribution is -0.00955. The number of hydrogen-bond acceptors (Lipinski definition) is 3. The van der Waals surface area contributed by atoms with Crippen LogP contribution in [0.25, 0.3) is 0 Å². The van der Waals surface area contributed by atoms with Crippen LogP contribution in [0.4, 0.5) is 0 Å². The first-order valence-corrected chi connectivity index (χ1v) is 2.64. The van der Waals surface area contributed by atoms with E-state index in [0.29, 0.717) is 11.5 Å². The number of rotatable bonds is 2. The number of epoxide rings is 2. The average molecular weight is 126 g/mol. The fourth-order valence-corrected chi connectivity index (χ4v) is 0.527. The molecule has 2 aliphatic heterocycles. The zero-order valence-electron chi connectivity index (χ0n) is 4.79. The lowest BCUT2D eigenvalue weighted by Crippen LogP contribution is -1.96. The fourth-order valence-electron chi connectivity index (χ4n) is 0.527. The lowest BCUT2D eigenvalue weighted by atomic mass is 10.6. The van der Waals surface area contributed by atoms with Gasteiger partial charge in [0.1, 0.15) is 0 Å². The van der Waals surface area contributed by atoms with Crippen LogP contribution in [-0.4, -0.2) is 12.6 Å². The van der Waals surface area contributed by atoms with Crippen LogP contribution in [0, 0.1) is 0 Å². The highest BCUT2D eigenvalue weighted by atomic mass is 16.9. The van der Waals surface area contributed by atoms with E-state index in [1.807, 2.05) is 0 Å². The Balaban J connectivity index is 1.80. The monoisotopic (exact) mass is 126 g/mol. The zero-order chi connectivity index (χ0) is 6.43. The molecule has 0 aromatic carbocycles. The second-order valence-electron chi connectivity index (χ2n) is 1.97. The highest BCUT2D eigenvalue weighted by Gasteiger charge is 2.42. The molecule has 0 N–H and O–H groups in total. The molecule has 3 nitrogen and oxygen atoms in total. The van der Waals surface area contributed by atoms with Gasteiger partial charge in [-0.3, -0.25) is 4.74 Å². The SMILES string of the molecule is C=C1OC1OC1OC1=C. The predicted molar refractivity (Wildman–Crippen MR) is 29.1 cm³/mol. The third-order valence-electron chi connectivity index (χ3n) is 1.18. The molecule has 2 fully saturated rings. The first-order chi connectivity index (χ1) is 4.27. The lowest BCUT2D eigenvalue weighted by Gasteiger charge is -1.83. The van der Waals surface area contributed by atoms with Gasteiger partial charge >= 0.3 is 0 Å². The fraction of sp³-hybridized carbons (Fsp3) is 0.333. The van der Waals surface area contributed by atoms with Crippen molar-refractivity contribution in [1.29, 1.82) is 0 Å². The molecule has 48 valence electrons. The van der Waals surface area contributed by atoms with Crippen molar-refractivity contribution >= 4 is 0 Å². The van der Waals surface area contributed by atoms with Crippen molar-refractivity contribution in [3.63, 3.8) is 0 Å². The molecular formula is C6H6O3. The van der Waals surface area contributed by atoms with Crippen molar-refractivity contribution in [3.05, 3.63) is 24.7 Å². The van der Waals surface area contributed by atoms with Crippen molar-refractivity contribution in [2.45, 2.75) is 12.6 Å². The molecule has 0 saturated carbocycles. The van der Waals surface area contributed by atoms with Gasteiger partial charge in [0, 0.05) is 0 Å². The normalized spacial score (nSPS) is 37.3. The van der Waals surface area contributed by atoms with Gasteiger partial charge in [0.2, 0.25) is 0 Å². The van der Waals surface area contributed by atoms with Gasteiger partial charge in [-0.15, -0.1) is 0 Å². The van der Waals surface area contributed by atoms with Crippen molar-refractivity contribution in [2.24, 2.45) is 0 Å². The highest BCUT2D eigenvalue weighted by molar-refractivity contribution is 5.08. The molecule has 0 radical (unpaired) electrons. The predicted octanol–water partition coefficient (Wildman–Crippen LogP) is 0.743. The third-order valence-corrected chi connectivity index (χ3v) is 1.18. The summed E-state index contributed by atoms with van der Waals surface area (Å²) < 4.78 is 14.6.